The van der Waals surface area contributed by atoms with Gasteiger partial charge in [0.25, 0.3) is 16.8 Å². The molecule has 1 aliphatic heterocycles. The van der Waals surface area contributed by atoms with Crippen molar-refractivity contribution < 1.29 is 28.4 Å². The number of benzene rings is 3. The number of imide groups is 1. The molecule has 0 aliphatic carbocycles. The fraction of sp³-hybridized carbons (Fsp3) is 0.120. The van der Waals surface area contributed by atoms with Crippen molar-refractivity contribution in [1.82, 2.24) is 4.90 Å². The largest absolute Gasteiger partial charge is 0.493 e. The van der Waals surface area contributed by atoms with E-state index in [0.717, 1.165) is 22.2 Å². The summed E-state index contributed by atoms with van der Waals surface area (Å²) in [6.45, 7) is -0.148. The first-order chi connectivity index (χ1) is 17.7. The second kappa shape index (κ2) is 11.3. The Balaban J connectivity index is 1.53. The molecule has 1 aliphatic rings. The summed E-state index contributed by atoms with van der Waals surface area (Å²) < 4.78 is 26.0. The first-order valence-electron chi connectivity index (χ1n) is 10.6. The summed E-state index contributed by atoms with van der Waals surface area (Å²) in [6, 6.07) is 13.4. The number of halogens is 3. The van der Waals surface area contributed by atoms with Gasteiger partial charge in [0, 0.05) is 27.2 Å². The quantitative estimate of drug-likeness (QED) is 0.155. The minimum absolute atomic E-state index is 0.0187. The van der Waals surface area contributed by atoms with Crippen molar-refractivity contribution in [2.45, 2.75) is 13.2 Å². The van der Waals surface area contributed by atoms with Gasteiger partial charge in [0.1, 0.15) is 12.4 Å². The highest BCUT2D eigenvalue weighted by Crippen LogP contribution is 2.39. The van der Waals surface area contributed by atoms with E-state index in [-0.39, 0.29) is 34.3 Å². The van der Waals surface area contributed by atoms with Crippen LogP contribution in [0.4, 0.5) is 14.9 Å². The highest BCUT2D eigenvalue weighted by Gasteiger charge is 2.36. The highest BCUT2D eigenvalue weighted by atomic mass is 79.9. The zero-order valence-electron chi connectivity index (χ0n) is 19.1. The number of methoxy groups -OCH3 is 1. The number of carbonyl (C=O) groups is 2. The number of nitrogens with zero attached hydrogens (tertiary/aromatic N) is 2. The van der Waals surface area contributed by atoms with Gasteiger partial charge in [-0.2, -0.15) is 0 Å². The monoisotopic (exact) mass is 606 g/mol. The predicted octanol–water partition coefficient (Wildman–Crippen LogP) is 6.97. The first-order valence-corrected chi connectivity index (χ1v) is 12.6. The molecule has 0 atom stereocenters. The first kappa shape index (κ1) is 26.6. The fourth-order valence-electron chi connectivity index (χ4n) is 3.43. The molecule has 3 aromatic rings. The molecule has 4 rings (SSSR count). The van der Waals surface area contributed by atoms with E-state index in [9.17, 15) is 24.1 Å². The van der Waals surface area contributed by atoms with Crippen LogP contribution in [-0.4, -0.2) is 28.1 Å². The molecule has 1 heterocycles. The lowest BCUT2D eigenvalue weighted by Crippen LogP contribution is -2.28. The fourth-order valence-corrected chi connectivity index (χ4v) is 4.92. The van der Waals surface area contributed by atoms with Gasteiger partial charge in [-0.3, -0.25) is 24.6 Å². The van der Waals surface area contributed by atoms with Crippen molar-refractivity contribution in [1.29, 1.82) is 0 Å². The number of hydrogen-bond acceptors (Lipinski definition) is 7. The van der Waals surface area contributed by atoms with Crippen molar-refractivity contribution in [2.75, 3.05) is 7.11 Å². The smallest absolute Gasteiger partial charge is 0.293 e. The zero-order valence-corrected chi connectivity index (χ0v) is 22.2. The second-order valence-electron chi connectivity index (χ2n) is 7.70. The van der Waals surface area contributed by atoms with E-state index in [1.807, 2.05) is 0 Å². The summed E-state index contributed by atoms with van der Waals surface area (Å²) in [6.07, 6.45) is 1.53. The van der Waals surface area contributed by atoms with Crippen molar-refractivity contribution in [3.8, 4) is 11.5 Å². The molecule has 0 radical (unpaired) electrons. The third kappa shape index (κ3) is 5.95. The summed E-state index contributed by atoms with van der Waals surface area (Å²) >= 11 is 10.2. The average Bonchev–Trinajstić information content (AvgIpc) is 3.13. The third-order valence-corrected chi connectivity index (χ3v) is 7.31. The van der Waals surface area contributed by atoms with Crippen LogP contribution < -0.4 is 9.47 Å². The van der Waals surface area contributed by atoms with Gasteiger partial charge in [0.05, 0.1) is 23.5 Å². The molecular weight excluding hydrogens is 591 g/mol. The predicted molar refractivity (Wildman–Crippen MR) is 141 cm³/mol. The number of nitro benzene ring substituents is 1. The van der Waals surface area contributed by atoms with Gasteiger partial charge in [-0.25, -0.2) is 4.39 Å². The highest BCUT2D eigenvalue weighted by molar-refractivity contribution is 9.10. The van der Waals surface area contributed by atoms with E-state index in [2.05, 4.69) is 15.9 Å². The normalized spacial score (nSPS) is 14.4. The minimum Gasteiger partial charge on any atom is -0.493 e. The van der Waals surface area contributed by atoms with Crippen LogP contribution >= 0.6 is 39.3 Å². The van der Waals surface area contributed by atoms with Gasteiger partial charge < -0.3 is 9.47 Å². The molecular formula is C25H17BrClFN2O6S. The van der Waals surface area contributed by atoms with E-state index in [4.69, 9.17) is 21.1 Å². The Morgan fingerprint density at radius 1 is 1.16 bits per heavy atom. The van der Waals surface area contributed by atoms with E-state index < -0.39 is 21.9 Å². The molecule has 12 heteroatoms. The van der Waals surface area contributed by atoms with E-state index >= 15 is 0 Å². The zero-order chi connectivity index (χ0) is 26.7. The maximum atomic E-state index is 14.2. The number of rotatable bonds is 8. The lowest BCUT2D eigenvalue weighted by atomic mass is 10.1. The lowest BCUT2D eigenvalue weighted by Gasteiger charge is -2.14. The van der Waals surface area contributed by atoms with Gasteiger partial charge in [-0.1, -0.05) is 33.6 Å². The molecule has 1 fully saturated rings. The molecule has 0 saturated carbocycles. The topological polar surface area (TPSA) is 99.0 Å². The molecule has 0 unspecified atom stereocenters. The van der Waals surface area contributed by atoms with Crippen LogP contribution in [0.1, 0.15) is 16.7 Å². The Kier molecular flexibility index (Phi) is 8.16. The number of ether oxygens (including phenoxy) is 2. The summed E-state index contributed by atoms with van der Waals surface area (Å²) in [5, 5.41) is 10.4. The van der Waals surface area contributed by atoms with Crippen LogP contribution in [0.5, 0.6) is 11.5 Å². The third-order valence-electron chi connectivity index (χ3n) is 5.36. The van der Waals surface area contributed by atoms with Gasteiger partial charge >= 0.3 is 0 Å². The molecule has 2 amide bonds. The van der Waals surface area contributed by atoms with E-state index in [0.29, 0.717) is 21.5 Å². The molecule has 37 heavy (non-hydrogen) atoms. The SMILES string of the molecule is COc1cc(/C=C2/SC(=O)N(Cc3c(F)cccc3Cl)C2=O)c(Br)cc1OCc1ccc([N+](=O)[O-])cc1. The molecule has 8 nitrogen and oxygen atoms in total. The molecule has 0 spiro atoms. The number of amides is 2. The Bertz CT molecular complexity index is 1410. The summed E-state index contributed by atoms with van der Waals surface area (Å²) in [5.74, 6) is -0.410. The van der Waals surface area contributed by atoms with Crippen molar-refractivity contribution in [2.24, 2.45) is 0 Å². The molecule has 1 saturated heterocycles. The second-order valence-corrected chi connectivity index (χ2v) is 9.96. The van der Waals surface area contributed by atoms with Crippen LogP contribution in [0.3, 0.4) is 0 Å². The van der Waals surface area contributed by atoms with Gasteiger partial charge in [0.2, 0.25) is 0 Å². The molecule has 0 bridgehead atoms. The molecule has 190 valence electrons. The number of hydrogen-bond donors (Lipinski definition) is 0. The van der Waals surface area contributed by atoms with E-state index in [1.165, 1.54) is 43.5 Å². The van der Waals surface area contributed by atoms with Gasteiger partial charge in [-0.05, 0) is 65.4 Å². The van der Waals surface area contributed by atoms with Gasteiger partial charge in [-0.15, -0.1) is 0 Å². The Hall–Kier alpha value is -3.41. The van der Waals surface area contributed by atoms with Crippen LogP contribution in [0.2, 0.25) is 5.02 Å². The minimum atomic E-state index is -0.604. The standard InChI is InChI=1S/C25H17BrClFN2O6S/c1-35-21-9-15(18(26)11-22(21)36-13-14-5-7-16(8-6-14)30(33)34)10-23-24(31)29(25(32)37-23)12-17-19(27)3-2-4-20(17)28/h2-11H,12-13H2,1H3/b23-10+. The Morgan fingerprint density at radius 3 is 2.54 bits per heavy atom. The Morgan fingerprint density at radius 2 is 1.89 bits per heavy atom. The number of non-ortho nitro benzene ring substituents is 1. The lowest BCUT2D eigenvalue weighted by molar-refractivity contribution is -0.384. The van der Waals surface area contributed by atoms with Crippen molar-refractivity contribution in [3.63, 3.8) is 0 Å². The summed E-state index contributed by atoms with van der Waals surface area (Å²) in [5.41, 5.74) is 1.31. The number of nitro groups is 1. The maximum absolute atomic E-state index is 14.2. The van der Waals surface area contributed by atoms with Crippen molar-refractivity contribution in [3.05, 3.63) is 102 Å². The van der Waals surface area contributed by atoms with Crippen LogP contribution in [0.25, 0.3) is 6.08 Å². The number of carbonyl (C=O) groups excluding carboxylic acids is 2. The molecule has 0 N–H and O–H groups in total. The summed E-state index contributed by atoms with van der Waals surface area (Å²) in [4.78, 5) is 36.9. The van der Waals surface area contributed by atoms with Crippen LogP contribution in [0, 0.1) is 15.9 Å². The molecule has 0 aromatic heterocycles. The average molecular weight is 608 g/mol. The van der Waals surface area contributed by atoms with Crippen molar-refractivity contribution >= 4 is 62.2 Å². The number of thioether (sulfide) groups is 1. The molecule has 3 aromatic carbocycles. The summed E-state index contributed by atoms with van der Waals surface area (Å²) in [7, 11) is 1.46. The van der Waals surface area contributed by atoms with E-state index in [1.54, 1.807) is 24.3 Å². The van der Waals surface area contributed by atoms with Crippen LogP contribution in [0.15, 0.2) is 64.0 Å². The maximum Gasteiger partial charge on any atom is 0.293 e. The van der Waals surface area contributed by atoms with Crippen LogP contribution in [-0.2, 0) is 17.9 Å². The Labute approximate surface area is 228 Å². The van der Waals surface area contributed by atoms with Gasteiger partial charge in [0.15, 0.2) is 11.5 Å².